The van der Waals surface area contributed by atoms with Crippen molar-refractivity contribution in [3.05, 3.63) is 48.0 Å². The quantitative estimate of drug-likeness (QED) is 0.692. The van der Waals surface area contributed by atoms with Gasteiger partial charge in [-0.1, -0.05) is 17.3 Å². The summed E-state index contributed by atoms with van der Waals surface area (Å²) < 4.78 is 1.78. The van der Waals surface area contributed by atoms with E-state index in [4.69, 9.17) is 0 Å². The number of phenolic OH excluding ortho intramolecular Hbond substituents is 1. The van der Waals surface area contributed by atoms with E-state index in [1.165, 1.54) is 0 Å². The van der Waals surface area contributed by atoms with Gasteiger partial charge in [-0.05, 0) is 42.8 Å². The van der Waals surface area contributed by atoms with Gasteiger partial charge in [0, 0.05) is 0 Å². The minimum Gasteiger partial charge on any atom is -0.508 e. The molecule has 0 radical (unpaired) electrons. The number of aromatic hydroxyl groups is 1. The molecule has 0 bridgehead atoms. The smallest absolute Gasteiger partial charge is 0.115 e. The summed E-state index contributed by atoms with van der Waals surface area (Å²) in [4.78, 5) is 0. The molecule has 84 valence electrons. The molecule has 1 heterocycles. The Morgan fingerprint density at radius 1 is 1.12 bits per heavy atom. The lowest BCUT2D eigenvalue weighted by Gasteiger charge is -2.06. The zero-order valence-corrected chi connectivity index (χ0v) is 9.33. The molecule has 0 saturated heterocycles. The Hall–Kier alpha value is -2.36. The van der Waals surface area contributed by atoms with Gasteiger partial charge >= 0.3 is 0 Å². The van der Waals surface area contributed by atoms with Gasteiger partial charge in [-0.2, -0.15) is 0 Å². The molecule has 0 aliphatic rings. The van der Waals surface area contributed by atoms with E-state index in [1.807, 2.05) is 37.3 Å². The van der Waals surface area contributed by atoms with Gasteiger partial charge in [0.05, 0.1) is 11.2 Å². The Labute approximate surface area is 98.1 Å². The summed E-state index contributed by atoms with van der Waals surface area (Å²) in [5, 5.41) is 17.7. The van der Waals surface area contributed by atoms with Crippen LogP contribution >= 0.6 is 0 Å². The highest BCUT2D eigenvalue weighted by molar-refractivity contribution is 5.76. The van der Waals surface area contributed by atoms with Gasteiger partial charge in [0.1, 0.15) is 11.3 Å². The lowest BCUT2D eigenvalue weighted by atomic mass is 10.2. The molecule has 1 aromatic heterocycles. The van der Waals surface area contributed by atoms with Crippen LogP contribution in [0.15, 0.2) is 42.5 Å². The summed E-state index contributed by atoms with van der Waals surface area (Å²) >= 11 is 0. The fourth-order valence-corrected chi connectivity index (χ4v) is 1.92. The topological polar surface area (TPSA) is 50.9 Å². The molecule has 0 aliphatic carbocycles. The molecule has 1 N–H and O–H groups in total. The van der Waals surface area contributed by atoms with Crippen LogP contribution in [-0.4, -0.2) is 20.1 Å². The maximum absolute atomic E-state index is 9.40. The highest BCUT2D eigenvalue weighted by Gasteiger charge is 2.08. The zero-order valence-electron chi connectivity index (χ0n) is 9.33. The fourth-order valence-electron chi connectivity index (χ4n) is 1.92. The van der Waals surface area contributed by atoms with Crippen molar-refractivity contribution in [1.82, 2.24) is 15.0 Å². The second-order valence-corrected chi connectivity index (χ2v) is 3.96. The highest BCUT2D eigenvalue weighted by Crippen LogP contribution is 2.22. The van der Waals surface area contributed by atoms with Crippen LogP contribution in [0.3, 0.4) is 0 Å². The van der Waals surface area contributed by atoms with Crippen LogP contribution in [0, 0.1) is 6.92 Å². The van der Waals surface area contributed by atoms with E-state index < -0.39 is 0 Å². The Morgan fingerprint density at radius 2 is 1.94 bits per heavy atom. The minimum atomic E-state index is 0.260. The molecule has 0 unspecified atom stereocenters. The number of phenols is 1. The summed E-state index contributed by atoms with van der Waals surface area (Å²) in [7, 11) is 0. The predicted octanol–water partition coefficient (Wildman–Crippen LogP) is 2.43. The van der Waals surface area contributed by atoms with Crippen molar-refractivity contribution in [3.63, 3.8) is 0 Å². The van der Waals surface area contributed by atoms with Crippen LogP contribution in [0.1, 0.15) is 5.56 Å². The number of nitrogens with zero attached hydrogens (tertiary/aromatic N) is 3. The maximum atomic E-state index is 9.40. The summed E-state index contributed by atoms with van der Waals surface area (Å²) in [5.41, 5.74) is 3.71. The average molecular weight is 225 g/mol. The molecular weight excluding hydrogens is 214 g/mol. The number of hydrogen-bond donors (Lipinski definition) is 1. The van der Waals surface area contributed by atoms with Gasteiger partial charge in [0.25, 0.3) is 0 Å². The number of aromatic nitrogens is 3. The average Bonchev–Trinajstić information content (AvgIpc) is 2.73. The van der Waals surface area contributed by atoms with Gasteiger partial charge in [0.15, 0.2) is 0 Å². The van der Waals surface area contributed by atoms with Crippen molar-refractivity contribution in [2.45, 2.75) is 6.92 Å². The lowest BCUT2D eigenvalue weighted by Crippen LogP contribution is -1.98. The standard InChI is InChI=1S/C13H11N3O/c1-9-8-10(17)6-7-12(9)16-13-5-3-2-4-11(13)14-15-16/h2-8,17H,1H3. The Bertz CT molecular complexity index is 688. The first kappa shape index (κ1) is 9.84. The van der Waals surface area contributed by atoms with E-state index in [-0.39, 0.29) is 5.75 Å². The number of rotatable bonds is 1. The van der Waals surface area contributed by atoms with Crippen molar-refractivity contribution in [1.29, 1.82) is 0 Å². The Kier molecular flexibility index (Phi) is 2.08. The SMILES string of the molecule is Cc1cc(O)ccc1-n1nnc2ccccc21. The second-order valence-electron chi connectivity index (χ2n) is 3.96. The van der Waals surface area contributed by atoms with Gasteiger partial charge < -0.3 is 5.11 Å². The summed E-state index contributed by atoms with van der Waals surface area (Å²) in [6, 6.07) is 13.0. The molecule has 4 heteroatoms. The summed E-state index contributed by atoms with van der Waals surface area (Å²) in [6.07, 6.45) is 0. The largest absolute Gasteiger partial charge is 0.508 e. The molecule has 3 rings (SSSR count). The highest BCUT2D eigenvalue weighted by atomic mass is 16.3. The molecule has 4 nitrogen and oxygen atoms in total. The van der Waals surface area contributed by atoms with Crippen LogP contribution in [0.2, 0.25) is 0 Å². The molecule has 0 amide bonds. The molecule has 0 atom stereocenters. The molecule has 0 spiro atoms. The molecule has 0 saturated carbocycles. The minimum absolute atomic E-state index is 0.260. The third-order valence-electron chi connectivity index (χ3n) is 2.76. The lowest BCUT2D eigenvalue weighted by molar-refractivity contribution is 0.474. The van der Waals surface area contributed by atoms with E-state index in [9.17, 15) is 5.11 Å². The number of aryl methyl sites for hydroxylation is 1. The van der Waals surface area contributed by atoms with E-state index in [1.54, 1.807) is 16.8 Å². The summed E-state index contributed by atoms with van der Waals surface area (Å²) in [6.45, 7) is 1.94. The second kappa shape index (κ2) is 3.59. The van der Waals surface area contributed by atoms with Gasteiger partial charge in [-0.15, -0.1) is 5.10 Å². The van der Waals surface area contributed by atoms with Crippen LogP contribution in [0.5, 0.6) is 5.75 Å². The van der Waals surface area contributed by atoms with Crippen molar-refractivity contribution in [2.24, 2.45) is 0 Å². The molecule has 0 aliphatic heterocycles. The summed E-state index contributed by atoms with van der Waals surface area (Å²) in [5.74, 6) is 0.260. The van der Waals surface area contributed by atoms with Crippen LogP contribution in [-0.2, 0) is 0 Å². The number of fused-ring (bicyclic) bond motifs is 1. The predicted molar refractivity (Wildman–Crippen MR) is 65.3 cm³/mol. The third-order valence-corrected chi connectivity index (χ3v) is 2.76. The first-order valence-corrected chi connectivity index (χ1v) is 5.36. The van der Waals surface area contributed by atoms with Gasteiger partial charge in [0.2, 0.25) is 0 Å². The van der Waals surface area contributed by atoms with Gasteiger partial charge in [-0.25, -0.2) is 4.68 Å². The number of hydrogen-bond acceptors (Lipinski definition) is 3. The first-order chi connectivity index (χ1) is 8.25. The maximum Gasteiger partial charge on any atom is 0.115 e. The normalized spacial score (nSPS) is 10.9. The third kappa shape index (κ3) is 1.54. The number of benzene rings is 2. The molecular formula is C13H11N3O. The van der Waals surface area contributed by atoms with Crippen molar-refractivity contribution >= 4 is 11.0 Å². The van der Waals surface area contributed by atoms with Crippen molar-refractivity contribution < 1.29 is 5.11 Å². The first-order valence-electron chi connectivity index (χ1n) is 5.36. The van der Waals surface area contributed by atoms with Crippen molar-refractivity contribution in [2.75, 3.05) is 0 Å². The van der Waals surface area contributed by atoms with E-state index in [2.05, 4.69) is 10.3 Å². The molecule has 2 aromatic carbocycles. The van der Waals surface area contributed by atoms with Crippen LogP contribution in [0.25, 0.3) is 16.7 Å². The number of para-hydroxylation sites is 1. The van der Waals surface area contributed by atoms with E-state index >= 15 is 0 Å². The van der Waals surface area contributed by atoms with E-state index in [0.717, 1.165) is 22.3 Å². The van der Waals surface area contributed by atoms with Crippen LogP contribution < -0.4 is 0 Å². The molecule has 3 aromatic rings. The Balaban J connectivity index is 2.27. The van der Waals surface area contributed by atoms with Crippen molar-refractivity contribution in [3.8, 4) is 11.4 Å². The molecule has 17 heavy (non-hydrogen) atoms. The monoisotopic (exact) mass is 225 g/mol. The zero-order chi connectivity index (χ0) is 11.8. The fraction of sp³-hybridized carbons (Fsp3) is 0.0769. The van der Waals surface area contributed by atoms with Crippen LogP contribution in [0.4, 0.5) is 0 Å². The van der Waals surface area contributed by atoms with E-state index in [0.29, 0.717) is 0 Å². The van der Waals surface area contributed by atoms with Gasteiger partial charge in [-0.3, -0.25) is 0 Å². The molecule has 0 fully saturated rings. The Morgan fingerprint density at radius 3 is 2.76 bits per heavy atom.